The van der Waals surface area contributed by atoms with Gasteiger partial charge in [0.2, 0.25) is 17.6 Å². The van der Waals surface area contributed by atoms with Crippen LogP contribution in [-0.2, 0) is 14.3 Å². The summed E-state index contributed by atoms with van der Waals surface area (Å²) >= 11 is 0. The molecule has 2 amide bonds. The third-order valence-corrected chi connectivity index (χ3v) is 8.33. The zero-order chi connectivity index (χ0) is 29.5. The molecule has 3 unspecified atom stereocenters. The molecule has 2 fully saturated rings. The van der Waals surface area contributed by atoms with E-state index in [-0.39, 0.29) is 40.5 Å². The van der Waals surface area contributed by atoms with Crippen LogP contribution in [0.3, 0.4) is 0 Å². The molecule has 2 aliphatic rings. The van der Waals surface area contributed by atoms with Gasteiger partial charge in [0.15, 0.2) is 6.61 Å². The molecule has 0 bridgehead atoms. The van der Waals surface area contributed by atoms with Crippen molar-refractivity contribution in [1.82, 2.24) is 4.98 Å². The minimum atomic E-state index is -0.695. The van der Waals surface area contributed by atoms with Crippen molar-refractivity contribution in [3.8, 4) is 17.0 Å². The molecule has 42 heavy (non-hydrogen) atoms. The molecule has 1 saturated carbocycles. The van der Waals surface area contributed by atoms with Crippen molar-refractivity contribution in [3.63, 3.8) is 0 Å². The van der Waals surface area contributed by atoms with E-state index in [0.29, 0.717) is 33.8 Å². The van der Waals surface area contributed by atoms with E-state index in [2.05, 4.69) is 6.92 Å². The zero-order valence-corrected chi connectivity index (χ0v) is 23.4. The number of imide groups is 1. The molecular weight excluding hydrogens is 532 g/mol. The number of esters is 1. The number of carbonyl (C=O) groups excluding carboxylic acids is 4. The molecule has 8 heteroatoms. The number of Topliss-reactive ketones (excluding diaryl/α,β-unsaturated/α-hetero) is 1. The van der Waals surface area contributed by atoms with Gasteiger partial charge >= 0.3 is 5.97 Å². The van der Waals surface area contributed by atoms with Gasteiger partial charge in [-0.25, -0.2) is 9.78 Å². The number of ether oxygens (including phenoxy) is 1. The average molecular weight is 563 g/mol. The predicted octanol–water partition coefficient (Wildman–Crippen LogP) is 5.88. The molecular formula is C34H30N2O6. The number of para-hydroxylation sites is 1. The van der Waals surface area contributed by atoms with Crippen molar-refractivity contribution in [3.05, 3.63) is 89.5 Å². The van der Waals surface area contributed by atoms with Crippen LogP contribution in [0.5, 0.6) is 5.75 Å². The van der Waals surface area contributed by atoms with E-state index in [1.807, 2.05) is 25.1 Å². The van der Waals surface area contributed by atoms with E-state index in [1.54, 1.807) is 42.5 Å². The normalized spacial score (nSPS) is 20.0. The van der Waals surface area contributed by atoms with E-state index in [4.69, 9.17) is 9.72 Å². The van der Waals surface area contributed by atoms with E-state index >= 15 is 0 Å². The first-order valence-electron chi connectivity index (χ1n) is 14.1. The van der Waals surface area contributed by atoms with Gasteiger partial charge in [-0.3, -0.25) is 19.3 Å². The number of nitrogens with zero attached hydrogens (tertiary/aromatic N) is 2. The SMILES string of the molecule is Cc1ccc2nc(-c3ccc(N4C(=O)C5CCC(C)CC5C4=O)cc3)cc(C(=O)OCC(=O)c3ccccc3O)c2c1. The van der Waals surface area contributed by atoms with Crippen LogP contribution in [0.4, 0.5) is 5.69 Å². The highest BCUT2D eigenvalue weighted by Crippen LogP contribution is 2.42. The van der Waals surface area contributed by atoms with Gasteiger partial charge in [-0.15, -0.1) is 0 Å². The number of fused-ring (bicyclic) bond motifs is 2. The maximum absolute atomic E-state index is 13.3. The highest BCUT2D eigenvalue weighted by molar-refractivity contribution is 6.22. The average Bonchev–Trinajstić information content (AvgIpc) is 3.23. The molecule has 2 heterocycles. The number of amides is 2. The largest absolute Gasteiger partial charge is 0.507 e. The van der Waals surface area contributed by atoms with Crippen molar-refractivity contribution in [2.75, 3.05) is 11.5 Å². The molecule has 0 radical (unpaired) electrons. The molecule has 0 spiro atoms. The first-order valence-corrected chi connectivity index (χ1v) is 14.1. The fraction of sp³-hybridized carbons (Fsp3) is 0.265. The monoisotopic (exact) mass is 562 g/mol. The predicted molar refractivity (Wildman–Crippen MR) is 157 cm³/mol. The summed E-state index contributed by atoms with van der Waals surface area (Å²) in [5, 5.41) is 10.6. The lowest BCUT2D eigenvalue weighted by atomic mass is 9.76. The van der Waals surface area contributed by atoms with Crippen molar-refractivity contribution in [2.24, 2.45) is 17.8 Å². The second-order valence-corrected chi connectivity index (χ2v) is 11.3. The van der Waals surface area contributed by atoms with Crippen LogP contribution in [0.1, 0.15) is 52.5 Å². The highest BCUT2D eigenvalue weighted by atomic mass is 16.5. The Balaban J connectivity index is 1.28. The second kappa shape index (κ2) is 10.9. The molecule has 1 saturated heterocycles. The lowest BCUT2D eigenvalue weighted by Crippen LogP contribution is -2.30. The summed E-state index contributed by atoms with van der Waals surface area (Å²) in [6, 6.07) is 20.3. The smallest absolute Gasteiger partial charge is 0.339 e. The Morgan fingerprint density at radius 3 is 2.43 bits per heavy atom. The number of hydrogen-bond donors (Lipinski definition) is 1. The van der Waals surface area contributed by atoms with E-state index < -0.39 is 18.4 Å². The van der Waals surface area contributed by atoms with Gasteiger partial charge in [0.1, 0.15) is 5.75 Å². The van der Waals surface area contributed by atoms with Crippen LogP contribution in [0.15, 0.2) is 72.8 Å². The molecule has 3 aromatic carbocycles. The summed E-state index contributed by atoms with van der Waals surface area (Å²) in [6.45, 7) is 3.49. The molecule has 212 valence electrons. The fourth-order valence-corrected chi connectivity index (χ4v) is 6.08. The highest BCUT2D eigenvalue weighted by Gasteiger charge is 2.49. The number of aryl methyl sites for hydroxylation is 1. The maximum atomic E-state index is 13.3. The van der Waals surface area contributed by atoms with Crippen LogP contribution in [0, 0.1) is 24.7 Å². The topological polar surface area (TPSA) is 114 Å². The fourth-order valence-electron chi connectivity index (χ4n) is 6.08. The van der Waals surface area contributed by atoms with E-state index in [0.717, 1.165) is 24.8 Å². The summed E-state index contributed by atoms with van der Waals surface area (Å²) in [7, 11) is 0. The number of aromatic nitrogens is 1. The number of rotatable bonds is 6. The number of pyridine rings is 1. The number of anilines is 1. The number of hydrogen-bond acceptors (Lipinski definition) is 7. The first-order chi connectivity index (χ1) is 20.2. The molecule has 1 N–H and O–H groups in total. The Morgan fingerprint density at radius 1 is 0.929 bits per heavy atom. The van der Waals surface area contributed by atoms with Crippen molar-refractivity contribution >= 4 is 40.2 Å². The first kappa shape index (κ1) is 27.3. The van der Waals surface area contributed by atoms with Gasteiger partial charge in [0.25, 0.3) is 0 Å². The van der Waals surface area contributed by atoms with Crippen molar-refractivity contribution in [1.29, 1.82) is 0 Å². The minimum absolute atomic E-state index is 0.0743. The zero-order valence-electron chi connectivity index (χ0n) is 23.4. The molecule has 1 aromatic heterocycles. The van der Waals surface area contributed by atoms with Gasteiger partial charge in [-0.05, 0) is 74.6 Å². The summed E-state index contributed by atoms with van der Waals surface area (Å²) in [4.78, 5) is 58.2. The van der Waals surface area contributed by atoms with Gasteiger partial charge in [-0.2, -0.15) is 0 Å². The molecule has 4 aromatic rings. The van der Waals surface area contributed by atoms with Crippen molar-refractivity contribution < 1.29 is 29.0 Å². The molecule has 8 nitrogen and oxygen atoms in total. The van der Waals surface area contributed by atoms with Gasteiger partial charge < -0.3 is 9.84 Å². The summed E-state index contributed by atoms with van der Waals surface area (Å²) in [6.07, 6.45) is 2.43. The number of aromatic hydroxyl groups is 1. The Morgan fingerprint density at radius 2 is 1.67 bits per heavy atom. The molecule has 6 rings (SSSR count). The second-order valence-electron chi connectivity index (χ2n) is 11.3. The summed E-state index contributed by atoms with van der Waals surface area (Å²) in [5.41, 5.74) is 3.53. The van der Waals surface area contributed by atoms with Crippen LogP contribution < -0.4 is 4.90 Å². The van der Waals surface area contributed by atoms with Crippen LogP contribution in [0.2, 0.25) is 0 Å². The van der Waals surface area contributed by atoms with Crippen LogP contribution in [-0.4, -0.2) is 40.3 Å². The van der Waals surface area contributed by atoms with Crippen LogP contribution >= 0.6 is 0 Å². The molecule has 1 aliphatic carbocycles. The van der Waals surface area contributed by atoms with E-state index in [9.17, 15) is 24.3 Å². The quantitative estimate of drug-likeness (QED) is 0.177. The lowest BCUT2D eigenvalue weighted by molar-refractivity contribution is -0.122. The number of carbonyl (C=O) groups is 4. The Kier molecular flexibility index (Phi) is 7.06. The third kappa shape index (κ3) is 4.93. The van der Waals surface area contributed by atoms with Crippen molar-refractivity contribution in [2.45, 2.75) is 33.1 Å². The molecule has 1 aliphatic heterocycles. The Labute approximate surface area is 242 Å². The Hall–Kier alpha value is -4.85. The maximum Gasteiger partial charge on any atom is 0.339 e. The van der Waals surface area contributed by atoms with Gasteiger partial charge in [0.05, 0.1) is 39.9 Å². The Bertz CT molecular complexity index is 1750. The summed E-state index contributed by atoms with van der Waals surface area (Å²) in [5.74, 6) is -1.73. The minimum Gasteiger partial charge on any atom is -0.507 e. The number of phenolic OH excluding ortho intramolecular Hbond substituents is 1. The summed E-state index contributed by atoms with van der Waals surface area (Å²) < 4.78 is 5.39. The number of ketones is 1. The standard InChI is InChI=1S/C34H30N2O6/c1-19-7-13-23-26(16-19)33(40)36(32(23)39)22-11-9-21(10-12-22)29-17-27(25-15-20(2)8-14-28(25)35-29)34(41)42-18-31(38)24-5-3-4-6-30(24)37/h3-6,8-12,14-15,17,19,23,26,37H,7,13,16,18H2,1-2H3. The van der Waals surface area contributed by atoms with Crippen LogP contribution in [0.25, 0.3) is 22.2 Å². The lowest BCUT2D eigenvalue weighted by Gasteiger charge is -2.25. The third-order valence-electron chi connectivity index (χ3n) is 8.33. The van der Waals surface area contributed by atoms with E-state index in [1.165, 1.54) is 17.0 Å². The number of benzene rings is 3. The molecule has 3 atom stereocenters. The van der Waals surface area contributed by atoms with Gasteiger partial charge in [0, 0.05) is 10.9 Å². The van der Waals surface area contributed by atoms with Gasteiger partial charge in [-0.1, -0.05) is 42.8 Å². The number of phenols is 1.